The Balaban J connectivity index is 1.54. The quantitative estimate of drug-likeness (QED) is 0.749. The van der Waals surface area contributed by atoms with Crippen molar-refractivity contribution in [3.05, 3.63) is 59.5 Å². The van der Waals surface area contributed by atoms with Crippen LogP contribution in [0.3, 0.4) is 0 Å². The average molecular weight is 416 g/mol. The van der Waals surface area contributed by atoms with Crippen LogP contribution < -0.4 is 0 Å². The summed E-state index contributed by atoms with van der Waals surface area (Å²) in [5.41, 5.74) is 2.99. The van der Waals surface area contributed by atoms with Crippen molar-refractivity contribution in [1.82, 2.24) is 9.91 Å². The van der Waals surface area contributed by atoms with E-state index in [0.29, 0.717) is 18.6 Å². The molecule has 0 spiro atoms. The molecule has 29 heavy (non-hydrogen) atoms. The molecule has 0 aliphatic carbocycles. The minimum absolute atomic E-state index is 0.107. The highest BCUT2D eigenvalue weighted by Gasteiger charge is 2.37. The van der Waals surface area contributed by atoms with Gasteiger partial charge in [-0.25, -0.2) is 13.4 Å². The van der Waals surface area contributed by atoms with Gasteiger partial charge < -0.3 is 4.42 Å². The van der Waals surface area contributed by atoms with E-state index >= 15 is 0 Å². The summed E-state index contributed by atoms with van der Waals surface area (Å²) in [6, 6.07) is 11.3. The monoisotopic (exact) mass is 415 g/mol. The van der Waals surface area contributed by atoms with Crippen LogP contribution in [0.25, 0.3) is 0 Å². The number of nitrogens with zero attached hydrogens (tertiary/aromatic N) is 3. The van der Waals surface area contributed by atoms with Crippen LogP contribution in [0.2, 0.25) is 0 Å². The van der Waals surface area contributed by atoms with Crippen LogP contribution in [-0.2, 0) is 14.6 Å². The number of hydrazone groups is 1. The van der Waals surface area contributed by atoms with Crippen molar-refractivity contribution in [1.29, 1.82) is 0 Å². The lowest BCUT2D eigenvalue weighted by Gasteiger charge is -2.26. The highest BCUT2D eigenvalue weighted by Crippen LogP contribution is 2.33. The third kappa shape index (κ3) is 4.28. The zero-order chi connectivity index (χ0) is 20.6. The molecule has 154 valence electrons. The van der Waals surface area contributed by atoms with E-state index in [2.05, 4.69) is 5.10 Å². The van der Waals surface area contributed by atoms with Crippen molar-refractivity contribution in [2.24, 2.45) is 5.10 Å². The average Bonchev–Trinajstić information content (AvgIpc) is 3.40. The maximum Gasteiger partial charge on any atom is 0.257 e. The molecule has 0 radical (unpaired) electrons. The zero-order valence-electron chi connectivity index (χ0n) is 16.6. The van der Waals surface area contributed by atoms with Gasteiger partial charge >= 0.3 is 0 Å². The summed E-state index contributed by atoms with van der Waals surface area (Å²) in [4.78, 5) is 14.9. The molecular formula is C21H25N3O4S. The van der Waals surface area contributed by atoms with E-state index in [0.717, 1.165) is 16.8 Å². The van der Waals surface area contributed by atoms with Gasteiger partial charge in [-0.2, -0.15) is 5.10 Å². The number of carbonyl (C=O) groups is 1. The second-order valence-electron chi connectivity index (χ2n) is 7.86. The molecule has 2 atom stereocenters. The Labute approximate surface area is 170 Å². The lowest BCUT2D eigenvalue weighted by molar-refractivity contribution is -0.134. The largest absolute Gasteiger partial charge is 0.467 e. The number of amides is 1. The van der Waals surface area contributed by atoms with Gasteiger partial charge in [0.15, 0.2) is 9.84 Å². The fraction of sp³-hybridized carbons (Fsp3) is 0.429. The Morgan fingerprint density at radius 1 is 1.28 bits per heavy atom. The summed E-state index contributed by atoms with van der Waals surface area (Å²) < 4.78 is 29.1. The molecule has 1 saturated heterocycles. The highest BCUT2D eigenvalue weighted by molar-refractivity contribution is 7.91. The lowest BCUT2D eigenvalue weighted by Crippen LogP contribution is -2.41. The Bertz CT molecular complexity index is 1010. The summed E-state index contributed by atoms with van der Waals surface area (Å²) in [6.45, 7) is 2.14. The molecule has 0 N–H and O–H groups in total. The van der Waals surface area contributed by atoms with E-state index in [1.54, 1.807) is 19.4 Å². The number of aryl methyl sites for hydroxylation is 1. The third-order valence-corrected chi connectivity index (χ3v) is 7.39. The summed E-state index contributed by atoms with van der Waals surface area (Å²) >= 11 is 0. The molecule has 2 aliphatic rings. The summed E-state index contributed by atoms with van der Waals surface area (Å²) in [6.07, 6.45) is 2.73. The van der Waals surface area contributed by atoms with E-state index in [-0.39, 0.29) is 36.0 Å². The number of sulfone groups is 1. The predicted octanol–water partition coefficient (Wildman–Crippen LogP) is 2.38. The fourth-order valence-corrected chi connectivity index (χ4v) is 5.71. The van der Waals surface area contributed by atoms with Crippen molar-refractivity contribution in [3.8, 4) is 0 Å². The van der Waals surface area contributed by atoms with Crippen molar-refractivity contribution >= 4 is 21.5 Å². The fourth-order valence-electron chi connectivity index (χ4n) is 3.90. The molecule has 2 aromatic rings. The van der Waals surface area contributed by atoms with Gasteiger partial charge in [0.05, 0.1) is 30.0 Å². The number of benzene rings is 1. The predicted molar refractivity (Wildman–Crippen MR) is 110 cm³/mol. The Morgan fingerprint density at radius 3 is 2.66 bits per heavy atom. The highest BCUT2D eigenvalue weighted by atomic mass is 32.2. The minimum Gasteiger partial charge on any atom is -0.467 e. The first-order chi connectivity index (χ1) is 13.8. The molecule has 0 unspecified atom stereocenters. The maximum atomic E-state index is 13.1. The summed E-state index contributed by atoms with van der Waals surface area (Å²) in [5, 5.41) is 6.12. The molecule has 4 rings (SSSR count). The number of rotatable bonds is 5. The van der Waals surface area contributed by atoms with Crippen LogP contribution in [0.5, 0.6) is 0 Å². The number of hydrogen-bond donors (Lipinski definition) is 0. The molecule has 3 heterocycles. The van der Waals surface area contributed by atoms with Crippen LogP contribution >= 0.6 is 0 Å². The van der Waals surface area contributed by atoms with E-state index in [1.807, 2.05) is 42.2 Å². The van der Waals surface area contributed by atoms with Gasteiger partial charge in [-0.05, 0) is 38.1 Å². The number of likely N-dealkylation sites (N-methyl/N-ethyl adjacent to an activating group) is 1. The first-order valence-corrected chi connectivity index (χ1v) is 11.6. The molecule has 1 amide bonds. The first-order valence-electron chi connectivity index (χ1n) is 9.73. The van der Waals surface area contributed by atoms with Gasteiger partial charge in [0.2, 0.25) is 0 Å². The second kappa shape index (κ2) is 7.76. The maximum absolute atomic E-state index is 13.1. The second-order valence-corrected chi connectivity index (χ2v) is 10.1. The van der Waals surface area contributed by atoms with Gasteiger partial charge in [0, 0.05) is 12.5 Å². The smallest absolute Gasteiger partial charge is 0.257 e. The van der Waals surface area contributed by atoms with Crippen molar-refractivity contribution in [2.45, 2.75) is 31.8 Å². The molecular weight excluding hydrogens is 390 g/mol. The van der Waals surface area contributed by atoms with Gasteiger partial charge in [-0.1, -0.05) is 29.8 Å². The topological polar surface area (TPSA) is 83.2 Å². The van der Waals surface area contributed by atoms with Gasteiger partial charge in [0.1, 0.15) is 11.8 Å². The van der Waals surface area contributed by atoms with Crippen LogP contribution in [-0.4, -0.2) is 61.1 Å². The van der Waals surface area contributed by atoms with Crippen LogP contribution in [0.4, 0.5) is 0 Å². The van der Waals surface area contributed by atoms with Crippen molar-refractivity contribution in [3.63, 3.8) is 0 Å². The van der Waals surface area contributed by atoms with Gasteiger partial charge in [-0.3, -0.25) is 9.69 Å². The van der Waals surface area contributed by atoms with E-state index in [1.165, 1.54) is 5.01 Å². The van der Waals surface area contributed by atoms with E-state index < -0.39 is 9.84 Å². The molecule has 8 heteroatoms. The molecule has 0 bridgehead atoms. The van der Waals surface area contributed by atoms with Crippen molar-refractivity contribution in [2.75, 3.05) is 25.1 Å². The Hall–Kier alpha value is -2.45. The van der Waals surface area contributed by atoms with Crippen LogP contribution in [0.1, 0.15) is 35.8 Å². The zero-order valence-corrected chi connectivity index (χ0v) is 17.4. The molecule has 2 aliphatic heterocycles. The number of furan rings is 1. The van der Waals surface area contributed by atoms with Crippen molar-refractivity contribution < 1.29 is 17.6 Å². The molecule has 1 fully saturated rings. The van der Waals surface area contributed by atoms with Crippen LogP contribution in [0.15, 0.2) is 52.2 Å². The summed E-state index contributed by atoms with van der Waals surface area (Å²) in [7, 11) is -1.20. The Morgan fingerprint density at radius 2 is 2.03 bits per heavy atom. The number of hydrogen-bond acceptors (Lipinski definition) is 6. The Kier molecular flexibility index (Phi) is 5.31. The molecule has 1 aromatic heterocycles. The standard InChI is InChI=1S/C21H25N3O4S/c1-15-5-7-16(8-6-15)18-12-19(20-4-3-10-28-20)24(22-18)21(25)13-23(2)17-9-11-29(26,27)14-17/h3-8,10,17,19H,9,11-14H2,1-2H3/t17-,19+/m0/s1. The van der Waals surface area contributed by atoms with E-state index in [4.69, 9.17) is 4.42 Å². The van der Waals surface area contributed by atoms with Gasteiger partial charge in [0.25, 0.3) is 5.91 Å². The van der Waals surface area contributed by atoms with E-state index in [9.17, 15) is 13.2 Å². The van der Waals surface area contributed by atoms with Gasteiger partial charge in [-0.15, -0.1) is 0 Å². The first kappa shape index (κ1) is 19.8. The lowest BCUT2D eigenvalue weighted by atomic mass is 10.0. The molecule has 7 nitrogen and oxygen atoms in total. The molecule has 0 saturated carbocycles. The SMILES string of the molecule is Cc1ccc(C2=NN(C(=O)CN(C)[C@H]3CCS(=O)(=O)C3)[C@@H](c3ccco3)C2)cc1. The summed E-state index contributed by atoms with van der Waals surface area (Å²) in [5.74, 6) is 0.816. The van der Waals surface area contributed by atoms with Crippen LogP contribution in [0, 0.1) is 6.92 Å². The third-order valence-electron chi connectivity index (χ3n) is 5.64. The minimum atomic E-state index is -3.00. The number of carbonyl (C=O) groups excluding carboxylic acids is 1. The molecule has 1 aromatic carbocycles. The normalized spacial score (nSPS) is 23.6.